The molecule has 1 unspecified atom stereocenters. The van der Waals surface area contributed by atoms with Gasteiger partial charge in [-0.25, -0.2) is 0 Å². The Morgan fingerprint density at radius 1 is 1.19 bits per heavy atom. The molecule has 2 aromatic carbocycles. The minimum absolute atomic E-state index is 0.118. The van der Waals surface area contributed by atoms with Crippen LogP contribution in [-0.2, 0) is 6.42 Å². The van der Waals surface area contributed by atoms with E-state index < -0.39 is 0 Å². The summed E-state index contributed by atoms with van der Waals surface area (Å²) in [5, 5.41) is 12.8. The minimum atomic E-state index is 0.118. The van der Waals surface area contributed by atoms with Gasteiger partial charge < -0.3 is 15.2 Å². The Kier molecular flexibility index (Phi) is 3.74. The minimum Gasteiger partial charge on any atom is -0.508 e. The maximum Gasteiger partial charge on any atom is 0.143 e. The fraction of sp³-hybridized carbons (Fsp3) is 0.333. The zero-order valence-electron chi connectivity index (χ0n) is 12.5. The smallest absolute Gasteiger partial charge is 0.143 e. The first-order chi connectivity index (χ1) is 10.1. The Hall–Kier alpha value is -2.16. The summed E-state index contributed by atoms with van der Waals surface area (Å²) in [5.41, 5.74) is 3.51. The van der Waals surface area contributed by atoms with E-state index in [1.54, 1.807) is 12.1 Å². The lowest BCUT2D eigenvalue weighted by Gasteiger charge is -2.27. The molecule has 21 heavy (non-hydrogen) atoms. The molecule has 3 nitrogen and oxygen atoms in total. The van der Waals surface area contributed by atoms with Crippen LogP contribution in [0.5, 0.6) is 11.5 Å². The first-order valence-electron chi connectivity index (χ1n) is 7.44. The Morgan fingerprint density at radius 3 is 2.67 bits per heavy atom. The van der Waals surface area contributed by atoms with Crippen LogP contribution in [0.1, 0.15) is 30.9 Å². The molecule has 0 saturated carbocycles. The van der Waals surface area contributed by atoms with Crippen molar-refractivity contribution in [2.45, 2.75) is 32.3 Å². The highest BCUT2D eigenvalue weighted by atomic mass is 16.5. The van der Waals surface area contributed by atoms with E-state index in [-0.39, 0.29) is 11.9 Å². The molecule has 0 saturated heterocycles. The lowest BCUT2D eigenvalue weighted by molar-refractivity contribution is 0.206. The lowest BCUT2D eigenvalue weighted by atomic mass is 9.99. The van der Waals surface area contributed by atoms with E-state index in [1.807, 2.05) is 6.07 Å². The number of hydrogen-bond donors (Lipinski definition) is 2. The van der Waals surface area contributed by atoms with Crippen molar-refractivity contribution in [3.8, 4) is 11.5 Å². The van der Waals surface area contributed by atoms with Crippen LogP contribution in [0.25, 0.3) is 0 Å². The van der Waals surface area contributed by atoms with Gasteiger partial charge in [-0.1, -0.05) is 38.1 Å². The molecule has 1 aliphatic heterocycles. The fourth-order valence-corrected chi connectivity index (χ4v) is 2.62. The molecule has 0 amide bonds. The van der Waals surface area contributed by atoms with Crippen molar-refractivity contribution in [2.75, 3.05) is 11.9 Å². The summed E-state index contributed by atoms with van der Waals surface area (Å²) in [6, 6.07) is 13.9. The van der Waals surface area contributed by atoms with Gasteiger partial charge in [-0.15, -0.1) is 0 Å². The van der Waals surface area contributed by atoms with Gasteiger partial charge in [0.25, 0.3) is 0 Å². The molecule has 1 heterocycles. The van der Waals surface area contributed by atoms with Gasteiger partial charge >= 0.3 is 0 Å². The zero-order valence-corrected chi connectivity index (χ0v) is 12.5. The molecule has 2 aromatic rings. The average molecular weight is 283 g/mol. The number of hydrogen-bond acceptors (Lipinski definition) is 3. The first kappa shape index (κ1) is 13.8. The Bertz CT molecular complexity index is 620. The molecule has 0 bridgehead atoms. The maximum atomic E-state index is 9.46. The summed E-state index contributed by atoms with van der Waals surface area (Å²) in [6.45, 7) is 5.16. The largest absolute Gasteiger partial charge is 0.508 e. The number of ether oxygens (including phenoxy) is 1. The molecule has 0 spiro atoms. The number of aromatic hydroxyl groups is 1. The van der Waals surface area contributed by atoms with E-state index in [1.165, 1.54) is 11.1 Å². The monoisotopic (exact) mass is 283 g/mol. The Balaban J connectivity index is 1.68. The van der Waals surface area contributed by atoms with Crippen molar-refractivity contribution in [3.63, 3.8) is 0 Å². The van der Waals surface area contributed by atoms with Crippen molar-refractivity contribution < 1.29 is 9.84 Å². The predicted octanol–water partition coefficient (Wildman–Crippen LogP) is 3.93. The van der Waals surface area contributed by atoms with E-state index in [0.717, 1.165) is 24.4 Å². The summed E-state index contributed by atoms with van der Waals surface area (Å²) in [7, 11) is 0. The highest BCUT2D eigenvalue weighted by molar-refractivity contribution is 5.60. The third-order valence-electron chi connectivity index (χ3n) is 3.89. The van der Waals surface area contributed by atoms with Crippen LogP contribution in [0.3, 0.4) is 0 Å². The second kappa shape index (κ2) is 5.68. The van der Waals surface area contributed by atoms with Gasteiger partial charge in [-0.05, 0) is 29.2 Å². The number of nitrogens with one attached hydrogen (secondary N) is 1. The summed E-state index contributed by atoms with van der Waals surface area (Å²) in [4.78, 5) is 0. The number of phenolic OH excluding ortho intramolecular Hbond substituents is 1. The quantitative estimate of drug-likeness (QED) is 0.896. The molecule has 3 heteroatoms. The van der Waals surface area contributed by atoms with Crippen molar-refractivity contribution in [3.05, 3.63) is 53.6 Å². The van der Waals surface area contributed by atoms with Gasteiger partial charge in [0.1, 0.15) is 17.6 Å². The molecule has 0 fully saturated rings. The molecule has 0 aliphatic carbocycles. The topological polar surface area (TPSA) is 41.5 Å². The summed E-state index contributed by atoms with van der Waals surface area (Å²) in [6.07, 6.45) is 0.998. The van der Waals surface area contributed by atoms with Crippen molar-refractivity contribution >= 4 is 5.69 Å². The number of phenols is 1. The van der Waals surface area contributed by atoms with Crippen LogP contribution in [0.2, 0.25) is 0 Å². The molecule has 0 radical (unpaired) electrons. The van der Waals surface area contributed by atoms with Gasteiger partial charge in [-0.3, -0.25) is 0 Å². The Labute approximate surface area is 125 Å². The van der Waals surface area contributed by atoms with E-state index in [0.29, 0.717) is 5.92 Å². The fourth-order valence-electron chi connectivity index (χ4n) is 2.62. The van der Waals surface area contributed by atoms with Crippen molar-refractivity contribution in [1.29, 1.82) is 0 Å². The van der Waals surface area contributed by atoms with Crippen LogP contribution in [0, 0.1) is 0 Å². The number of fused-ring (bicyclic) bond motifs is 1. The second-order valence-electron chi connectivity index (χ2n) is 5.90. The molecule has 1 atom stereocenters. The maximum absolute atomic E-state index is 9.46. The average Bonchev–Trinajstić information content (AvgIpc) is 2.48. The molecule has 3 rings (SSSR count). The lowest BCUT2D eigenvalue weighted by Crippen LogP contribution is -2.32. The molecule has 2 N–H and O–H groups in total. The van der Waals surface area contributed by atoms with Gasteiger partial charge in [0.2, 0.25) is 0 Å². The van der Waals surface area contributed by atoms with E-state index in [4.69, 9.17) is 4.74 Å². The van der Waals surface area contributed by atoms with Gasteiger partial charge in [0.05, 0.1) is 12.2 Å². The second-order valence-corrected chi connectivity index (χ2v) is 5.90. The third kappa shape index (κ3) is 3.13. The SMILES string of the molecule is CC(C)c1ccc(CC2CNc3cc(O)ccc3O2)cc1. The third-order valence-corrected chi connectivity index (χ3v) is 3.89. The van der Waals surface area contributed by atoms with E-state index in [2.05, 4.69) is 43.4 Å². The van der Waals surface area contributed by atoms with E-state index >= 15 is 0 Å². The molecular formula is C18H21NO2. The summed E-state index contributed by atoms with van der Waals surface area (Å²) in [5.74, 6) is 1.63. The standard InChI is InChI=1S/C18H21NO2/c1-12(2)14-5-3-13(4-6-14)9-16-11-19-17-10-15(20)7-8-18(17)21-16/h3-8,10,12,16,19-20H,9,11H2,1-2H3. The van der Waals surface area contributed by atoms with Crippen LogP contribution in [0.15, 0.2) is 42.5 Å². The number of rotatable bonds is 3. The molecule has 1 aliphatic rings. The summed E-state index contributed by atoms with van der Waals surface area (Å²) >= 11 is 0. The van der Waals surface area contributed by atoms with E-state index in [9.17, 15) is 5.11 Å². The van der Waals surface area contributed by atoms with Crippen LogP contribution in [0.4, 0.5) is 5.69 Å². The van der Waals surface area contributed by atoms with Gasteiger partial charge in [0.15, 0.2) is 0 Å². The van der Waals surface area contributed by atoms with Gasteiger partial charge in [-0.2, -0.15) is 0 Å². The zero-order chi connectivity index (χ0) is 14.8. The predicted molar refractivity (Wildman–Crippen MR) is 85.2 cm³/mol. The van der Waals surface area contributed by atoms with Gasteiger partial charge in [0, 0.05) is 12.5 Å². The summed E-state index contributed by atoms with van der Waals surface area (Å²) < 4.78 is 5.99. The molecule has 0 aromatic heterocycles. The normalized spacial score (nSPS) is 17.0. The molecular weight excluding hydrogens is 262 g/mol. The van der Waals surface area contributed by atoms with Crippen molar-refractivity contribution in [1.82, 2.24) is 0 Å². The van der Waals surface area contributed by atoms with Crippen LogP contribution >= 0.6 is 0 Å². The highest BCUT2D eigenvalue weighted by Gasteiger charge is 2.19. The van der Waals surface area contributed by atoms with Crippen molar-refractivity contribution in [2.24, 2.45) is 0 Å². The Morgan fingerprint density at radius 2 is 1.95 bits per heavy atom. The number of benzene rings is 2. The highest BCUT2D eigenvalue weighted by Crippen LogP contribution is 2.32. The first-order valence-corrected chi connectivity index (χ1v) is 7.44. The molecule has 110 valence electrons. The van der Waals surface area contributed by atoms with Crippen LogP contribution < -0.4 is 10.1 Å². The number of anilines is 1. The van der Waals surface area contributed by atoms with Crippen LogP contribution in [-0.4, -0.2) is 17.8 Å².